The normalized spacial score (nSPS) is 13.7. The van der Waals surface area contributed by atoms with Crippen LogP contribution >= 0.6 is 24.0 Å². The van der Waals surface area contributed by atoms with Gasteiger partial charge in [0.15, 0.2) is 17.5 Å². The summed E-state index contributed by atoms with van der Waals surface area (Å²) in [5.41, 5.74) is 6.60. The number of nitrogens with one attached hydrogen (secondary N) is 2. The third-order valence-corrected chi connectivity index (χ3v) is 3.44. The lowest BCUT2D eigenvalue weighted by molar-refractivity contribution is -0.121. The summed E-state index contributed by atoms with van der Waals surface area (Å²) in [5.74, 6) is 1.66. The van der Waals surface area contributed by atoms with Gasteiger partial charge in [-0.2, -0.15) is 0 Å². The molecular formula is C16H25IN4O3. The maximum absolute atomic E-state index is 11.5. The highest BCUT2D eigenvalue weighted by Gasteiger charge is 2.22. The molecule has 0 aliphatic heterocycles. The Balaban J connectivity index is 0.00000288. The van der Waals surface area contributed by atoms with Crippen molar-refractivity contribution in [2.45, 2.75) is 31.7 Å². The van der Waals surface area contributed by atoms with Crippen molar-refractivity contribution in [1.29, 1.82) is 0 Å². The summed E-state index contributed by atoms with van der Waals surface area (Å²) in [6.45, 7) is 0.504. The number of nitrogens with two attached hydrogens (primary N) is 1. The molecule has 0 heterocycles. The summed E-state index contributed by atoms with van der Waals surface area (Å²) in [4.78, 5) is 15.7. The second kappa shape index (κ2) is 10.2. The second-order valence-electron chi connectivity index (χ2n) is 5.41. The molecule has 0 aromatic heterocycles. The van der Waals surface area contributed by atoms with E-state index in [2.05, 4.69) is 15.6 Å². The molecule has 24 heavy (non-hydrogen) atoms. The van der Waals surface area contributed by atoms with Gasteiger partial charge in [0.05, 0.1) is 14.2 Å². The van der Waals surface area contributed by atoms with Gasteiger partial charge in [-0.1, -0.05) is 0 Å². The van der Waals surface area contributed by atoms with E-state index in [1.54, 1.807) is 26.4 Å². The molecule has 2 rings (SSSR count). The number of carbonyl (C=O) groups is 1. The molecule has 1 aliphatic rings. The fourth-order valence-electron chi connectivity index (χ4n) is 2.07. The minimum Gasteiger partial charge on any atom is -0.493 e. The maximum Gasteiger partial charge on any atom is 0.220 e. The van der Waals surface area contributed by atoms with E-state index in [-0.39, 0.29) is 29.9 Å². The Kier molecular flexibility index (Phi) is 8.66. The summed E-state index contributed by atoms with van der Waals surface area (Å²) in [5, 5.41) is 5.94. The predicted molar refractivity (Wildman–Crippen MR) is 105 cm³/mol. The third kappa shape index (κ3) is 6.81. The topological polar surface area (TPSA) is 98.0 Å². The second-order valence-corrected chi connectivity index (χ2v) is 5.41. The molecule has 1 amide bonds. The fourth-order valence-corrected chi connectivity index (χ4v) is 2.07. The number of halogens is 1. The van der Waals surface area contributed by atoms with Crippen LogP contribution in [-0.2, 0) is 4.79 Å². The van der Waals surface area contributed by atoms with E-state index in [9.17, 15) is 4.79 Å². The number of anilines is 1. The number of aliphatic imine (C=N–C) groups is 1. The van der Waals surface area contributed by atoms with Crippen molar-refractivity contribution in [1.82, 2.24) is 5.32 Å². The zero-order valence-corrected chi connectivity index (χ0v) is 16.3. The molecule has 1 saturated carbocycles. The number of hydrogen-bond donors (Lipinski definition) is 3. The van der Waals surface area contributed by atoms with E-state index in [0.29, 0.717) is 42.9 Å². The number of amides is 1. The Bertz CT molecular complexity index is 576. The number of rotatable bonds is 8. The van der Waals surface area contributed by atoms with Gasteiger partial charge in [0.2, 0.25) is 5.91 Å². The van der Waals surface area contributed by atoms with Crippen molar-refractivity contribution in [2.24, 2.45) is 10.7 Å². The molecule has 0 unspecified atom stereocenters. The van der Waals surface area contributed by atoms with Gasteiger partial charge in [0.25, 0.3) is 0 Å². The number of carbonyl (C=O) groups excluding carboxylic acids is 1. The number of nitrogens with zero attached hydrogens (tertiary/aromatic N) is 1. The molecular weight excluding hydrogens is 423 g/mol. The molecule has 0 spiro atoms. The summed E-state index contributed by atoms with van der Waals surface area (Å²) < 4.78 is 10.4. The van der Waals surface area contributed by atoms with E-state index < -0.39 is 0 Å². The molecule has 7 nitrogen and oxygen atoms in total. The Morgan fingerprint density at radius 2 is 2.00 bits per heavy atom. The van der Waals surface area contributed by atoms with Crippen molar-refractivity contribution >= 4 is 41.5 Å². The van der Waals surface area contributed by atoms with Crippen LogP contribution in [0.25, 0.3) is 0 Å². The molecule has 1 fully saturated rings. The van der Waals surface area contributed by atoms with Gasteiger partial charge >= 0.3 is 0 Å². The van der Waals surface area contributed by atoms with Crippen molar-refractivity contribution < 1.29 is 14.3 Å². The minimum absolute atomic E-state index is 0. The SMILES string of the molecule is COc1ccc(NC(N)=NCCCC(=O)NC2CC2)cc1OC.I. The van der Waals surface area contributed by atoms with Crippen LogP contribution < -0.4 is 25.8 Å². The van der Waals surface area contributed by atoms with Crippen molar-refractivity contribution in [2.75, 3.05) is 26.1 Å². The van der Waals surface area contributed by atoms with E-state index in [1.165, 1.54) is 0 Å². The fraction of sp³-hybridized carbons (Fsp3) is 0.500. The highest BCUT2D eigenvalue weighted by molar-refractivity contribution is 14.0. The van der Waals surface area contributed by atoms with Crippen molar-refractivity contribution in [3.05, 3.63) is 18.2 Å². The first kappa shape index (κ1) is 20.3. The van der Waals surface area contributed by atoms with Crippen LogP contribution in [0.3, 0.4) is 0 Å². The molecule has 8 heteroatoms. The molecule has 1 aromatic carbocycles. The first-order valence-electron chi connectivity index (χ1n) is 7.70. The largest absolute Gasteiger partial charge is 0.493 e. The van der Waals surface area contributed by atoms with E-state index in [1.807, 2.05) is 6.07 Å². The molecule has 0 saturated heterocycles. The lowest BCUT2D eigenvalue weighted by Crippen LogP contribution is -2.25. The van der Waals surface area contributed by atoms with Gasteiger partial charge < -0.3 is 25.8 Å². The molecule has 1 aliphatic carbocycles. The number of methoxy groups -OCH3 is 2. The molecule has 0 radical (unpaired) electrons. The van der Waals surface area contributed by atoms with Crippen LogP contribution in [0.2, 0.25) is 0 Å². The number of ether oxygens (including phenoxy) is 2. The monoisotopic (exact) mass is 448 g/mol. The summed E-state index contributed by atoms with van der Waals surface area (Å²) in [7, 11) is 3.16. The molecule has 4 N–H and O–H groups in total. The maximum atomic E-state index is 11.5. The average molecular weight is 448 g/mol. The number of hydrogen-bond acceptors (Lipinski definition) is 4. The van der Waals surface area contributed by atoms with Gasteiger partial charge in [-0.25, -0.2) is 0 Å². The first-order chi connectivity index (χ1) is 11.1. The van der Waals surface area contributed by atoms with E-state index in [0.717, 1.165) is 18.5 Å². The molecule has 1 aromatic rings. The van der Waals surface area contributed by atoms with Gasteiger partial charge in [-0.3, -0.25) is 9.79 Å². The van der Waals surface area contributed by atoms with Crippen LogP contribution in [0.5, 0.6) is 11.5 Å². The lowest BCUT2D eigenvalue weighted by atomic mass is 10.2. The molecule has 134 valence electrons. The quantitative estimate of drug-likeness (QED) is 0.245. The van der Waals surface area contributed by atoms with Crippen molar-refractivity contribution in [3.63, 3.8) is 0 Å². The minimum atomic E-state index is 0. The Hall–Kier alpha value is -1.71. The highest BCUT2D eigenvalue weighted by Crippen LogP contribution is 2.29. The Morgan fingerprint density at radius 1 is 1.29 bits per heavy atom. The van der Waals surface area contributed by atoms with Crippen LogP contribution in [-0.4, -0.2) is 38.7 Å². The van der Waals surface area contributed by atoms with Crippen LogP contribution in [0.15, 0.2) is 23.2 Å². The van der Waals surface area contributed by atoms with Crippen LogP contribution in [0.4, 0.5) is 5.69 Å². The Labute approximate surface area is 159 Å². The van der Waals surface area contributed by atoms with Gasteiger partial charge in [0.1, 0.15) is 0 Å². The first-order valence-corrected chi connectivity index (χ1v) is 7.70. The van der Waals surface area contributed by atoms with Crippen LogP contribution in [0.1, 0.15) is 25.7 Å². The van der Waals surface area contributed by atoms with Crippen LogP contribution in [0, 0.1) is 0 Å². The van der Waals surface area contributed by atoms with Gasteiger partial charge in [-0.15, -0.1) is 24.0 Å². The zero-order chi connectivity index (χ0) is 16.7. The van der Waals surface area contributed by atoms with Crippen molar-refractivity contribution in [3.8, 4) is 11.5 Å². The third-order valence-electron chi connectivity index (χ3n) is 3.44. The smallest absolute Gasteiger partial charge is 0.220 e. The Morgan fingerprint density at radius 3 is 2.62 bits per heavy atom. The summed E-state index contributed by atoms with van der Waals surface area (Å²) >= 11 is 0. The van der Waals surface area contributed by atoms with E-state index in [4.69, 9.17) is 15.2 Å². The summed E-state index contributed by atoms with van der Waals surface area (Å²) in [6.07, 6.45) is 3.36. The lowest BCUT2D eigenvalue weighted by Gasteiger charge is -2.10. The molecule has 0 atom stereocenters. The number of benzene rings is 1. The summed E-state index contributed by atoms with van der Waals surface area (Å²) in [6, 6.07) is 5.80. The van der Waals surface area contributed by atoms with Gasteiger partial charge in [-0.05, 0) is 31.4 Å². The number of guanidine groups is 1. The van der Waals surface area contributed by atoms with E-state index >= 15 is 0 Å². The standard InChI is InChI=1S/C16H24N4O3.HI/c1-22-13-8-7-12(10-14(13)23-2)20-16(17)18-9-3-4-15(21)19-11-5-6-11;/h7-8,10-11H,3-6,9H2,1-2H3,(H,19,21)(H3,17,18,20);1H. The van der Waals surface area contributed by atoms with Gasteiger partial charge in [0, 0.05) is 30.8 Å². The highest BCUT2D eigenvalue weighted by atomic mass is 127. The predicted octanol–water partition coefficient (Wildman–Crippen LogP) is 2.11. The molecule has 0 bridgehead atoms. The average Bonchev–Trinajstić information content (AvgIpc) is 3.35. The zero-order valence-electron chi connectivity index (χ0n) is 14.0.